The molecule has 6 heteroatoms. The molecule has 2 rings (SSSR count). The van der Waals surface area contributed by atoms with Crippen LogP contribution >= 0.6 is 24.4 Å². The van der Waals surface area contributed by atoms with Gasteiger partial charge in [-0.25, -0.2) is 0 Å². The zero-order valence-corrected chi connectivity index (χ0v) is 13.5. The summed E-state index contributed by atoms with van der Waals surface area (Å²) in [6.07, 6.45) is 1.11. The van der Waals surface area contributed by atoms with E-state index in [9.17, 15) is 9.59 Å². The lowest BCUT2D eigenvalue weighted by molar-refractivity contribution is 0.0625. The molecule has 1 aromatic carbocycles. The molecule has 0 fully saturated rings. The van der Waals surface area contributed by atoms with E-state index in [-0.39, 0.29) is 11.8 Å². The second-order valence-corrected chi connectivity index (χ2v) is 5.71. The largest absolute Gasteiger partial charge is 0.383 e. The third kappa shape index (κ3) is 3.01. The van der Waals surface area contributed by atoms with Crippen molar-refractivity contribution < 1.29 is 9.59 Å². The minimum Gasteiger partial charge on any atom is -0.383 e. The number of rotatable bonds is 5. The molecule has 1 aromatic rings. The maximum absolute atomic E-state index is 12.5. The van der Waals surface area contributed by atoms with E-state index in [0.29, 0.717) is 29.0 Å². The number of nitrogens with one attached hydrogen (secondary N) is 1. The van der Waals surface area contributed by atoms with Gasteiger partial charge >= 0.3 is 0 Å². The molecule has 1 aliphatic heterocycles. The summed E-state index contributed by atoms with van der Waals surface area (Å²) >= 11 is 10.1. The van der Waals surface area contributed by atoms with Crippen molar-refractivity contribution in [2.24, 2.45) is 0 Å². The lowest BCUT2D eigenvalue weighted by Crippen LogP contribution is -2.41. The fourth-order valence-electron chi connectivity index (χ4n) is 2.34. The van der Waals surface area contributed by atoms with Gasteiger partial charge in [0.05, 0.1) is 22.2 Å². The summed E-state index contributed by atoms with van der Waals surface area (Å²) in [5.41, 5.74) is 1.86. The zero-order valence-electron chi connectivity index (χ0n) is 11.9. The molecule has 0 radical (unpaired) electrons. The van der Waals surface area contributed by atoms with Crippen molar-refractivity contribution in [2.45, 2.75) is 25.8 Å². The molecule has 1 atom stereocenters. The highest BCUT2D eigenvalue weighted by Crippen LogP contribution is 2.26. The van der Waals surface area contributed by atoms with Gasteiger partial charge in [-0.1, -0.05) is 36.1 Å². The van der Waals surface area contributed by atoms with Crippen molar-refractivity contribution in [3.05, 3.63) is 34.9 Å². The first kappa shape index (κ1) is 15.7. The average Bonchev–Trinajstić information content (AvgIpc) is 2.72. The predicted molar refractivity (Wildman–Crippen MR) is 90.0 cm³/mol. The predicted octanol–water partition coefficient (Wildman–Crippen LogP) is 2.29. The lowest BCUT2D eigenvalue weighted by Gasteiger charge is -2.22. The van der Waals surface area contributed by atoms with Crippen LogP contribution in [0.5, 0.6) is 0 Å². The minimum atomic E-state index is -0.418. The second-order valence-electron chi connectivity index (χ2n) is 4.94. The molecule has 0 saturated heterocycles. The van der Waals surface area contributed by atoms with Gasteiger partial charge in [0.2, 0.25) is 0 Å². The minimum absolute atomic E-state index is 0.278. The summed E-state index contributed by atoms with van der Waals surface area (Å²) in [6.45, 7) is 1.89. The van der Waals surface area contributed by atoms with Crippen molar-refractivity contribution in [3.63, 3.8) is 0 Å². The van der Waals surface area contributed by atoms with Crippen LogP contribution in [-0.2, 0) is 0 Å². The SMILES string of the molecule is CNC(=S)CCC(C=S)N1C(=O)c2ccc(C)cc2C1=O. The first-order valence-corrected chi connectivity index (χ1v) is 7.52. The summed E-state index contributed by atoms with van der Waals surface area (Å²) in [7, 11) is 1.75. The van der Waals surface area contributed by atoms with E-state index in [1.807, 2.05) is 13.0 Å². The topological polar surface area (TPSA) is 49.4 Å². The first-order valence-electron chi connectivity index (χ1n) is 6.64. The molecule has 21 heavy (non-hydrogen) atoms. The van der Waals surface area contributed by atoms with Crippen LogP contribution in [-0.4, -0.2) is 40.2 Å². The van der Waals surface area contributed by atoms with Crippen molar-refractivity contribution in [3.8, 4) is 0 Å². The molecule has 0 bridgehead atoms. The monoisotopic (exact) mass is 320 g/mol. The second kappa shape index (κ2) is 6.41. The molecule has 1 N–H and O–H groups in total. The molecule has 1 aliphatic rings. The Hall–Kier alpha value is -1.66. The molecule has 1 heterocycles. The maximum Gasteiger partial charge on any atom is 0.262 e. The van der Waals surface area contributed by atoms with Gasteiger partial charge in [-0.2, -0.15) is 0 Å². The Labute approximate surface area is 134 Å². The van der Waals surface area contributed by atoms with Crippen LogP contribution in [0.25, 0.3) is 0 Å². The van der Waals surface area contributed by atoms with Crippen molar-refractivity contribution in [1.29, 1.82) is 0 Å². The van der Waals surface area contributed by atoms with Crippen LogP contribution in [0.2, 0.25) is 0 Å². The Morgan fingerprint density at radius 2 is 2.00 bits per heavy atom. The molecule has 0 spiro atoms. The molecule has 110 valence electrons. The molecule has 2 amide bonds. The summed E-state index contributed by atoms with van der Waals surface area (Å²) in [5, 5.41) is 4.34. The van der Waals surface area contributed by atoms with E-state index >= 15 is 0 Å². The van der Waals surface area contributed by atoms with Gasteiger partial charge in [0, 0.05) is 12.4 Å². The Morgan fingerprint density at radius 1 is 1.33 bits per heavy atom. The molecule has 4 nitrogen and oxygen atoms in total. The van der Waals surface area contributed by atoms with Gasteiger partial charge in [0.1, 0.15) is 0 Å². The van der Waals surface area contributed by atoms with Crippen molar-refractivity contribution in [2.75, 3.05) is 7.05 Å². The highest BCUT2D eigenvalue weighted by Gasteiger charge is 2.39. The van der Waals surface area contributed by atoms with Gasteiger partial charge in [-0.15, -0.1) is 0 Å². The van der Waals surface area contributed by atoms with E-state index < -0.39 is 6.04 Å². The Bertz CT molecular complexity index is 628. The van der Waals surface area contributed by atoms with Crippen LogP contribution in [0, 0.1) is 6.92 Å². The van der Waals surface area contributed by atoms with Crippen LogP contribution in [0.3, 0.4) is 0 Å². The molecule has 1 unspecified atom stereocenters. The van der Waals surface area contributed by atoms with Crippen LogP contribution in [0.15, 0.2) is 18.2 Å². The molecular formula is C15H16N2O2S2. The normalized spacial score (nSPS) is 14.9. The van der Waals surface area contributed by atoms with E-state index in [0.717, 1.165) is 5.56 Å². The van der Waals surface area contributed by atoms with Gasteiger partial charge in [0.15, 0.2) is 0 Å². The summed E-state index contributed by atoms with van der Waals surface area (Å²) < 4.78 is 0. The van der Waals surface area contributed by atoms with Crippen LogP contribution in [0.1, 0.15) is 39.1 Å². The van der Waals surface area contributed by atoms with E-state index in [1.165, 1.54) is 10.3 Å². The number of carbonyl (C=O) groups is 2. The number of carbonyl (C=O) groups excluding carboxylic acids is 2. The molecule has 0 saturated carbocycles. The Kier molecular flexibility index (Phi) is 4.80. The summed E-state index contributed by atoms with van der Waals surface area (Å²) in [6, 6.07) is 4.85. The highest BCUT2D eigenvalue weighted by molar-refractivity contribution is 7.80. The molecule has 0 aliphatic carbocycles. The van der Waals surface area contributed by atoms with E-state index in [2.05, 4.69) is 5.32 Å². The third-order valence-corrected chi connectivity index (χ3v) is 4.23. The third-order valence-electron chi connectivity index (χ3n) is 3.51. The first-order chi connectivity index (χ1) is 9.99. The van der Waals surface area contributed by atoms with Crippen LogP contribution < -0.4 is 5.32 Å². The fourth-order valence-corrected chi connectivity index (χ4v) is 2.71. The van der Waals surface area contributed by atoms with Gasteiger partial charge in [-0.05, 0) is 31.9 Å². The number of amides is 2. The molecule has 0 aromatic heterocycles. The van der Waals surface area contributed by atoms with Gasteiger partial charge < -0.3 is 5.32 Å². The fraction of sp³-hybridized carbons (Fsp3) is 0.333. The number of hydrogen-bond acceptors (Lipinski definition) is 4. The number of thiocarbonyl (C=S) groups is 2. The van der Waals surface area contributed by atoms with Crippen molar-refractivity contribution >= 4 is 46.6 Å². The summed E-state index contributed by atoms with van der Waals surface area (Å²) in [5.74, 6) is -0.559. The number of hydrogen-bond donors (Lipinski definition) is 1. The molecular weight excluding hydrogens is 304 g/mol. The maximum atomic E-state index is 12.5. The van der Waals surface area contributed by atoms with Crippen molar-refractivity contribution in [1.82, 2.24) is 10.2 Å². The van der Waals surface area contributed by atoms with Gasteiger partial charge in [-0.3, -0.25) is 14.5 Å². The number of imide groups is 1. The van der Waals surface area contributed by atoms with Crippen LogP contribution in [0.4, 0.5) is 0 Å². The number of fused-ring (bicyclic) bond motifs is 1. The van der Waals surface area contributed by atoms with E-state index in [1.54, 1.807) is 19.2 Å². The number of benzene rings is 1. The Balaban J connectivity index is 2.24. The highest BCUT2D eigenvalue weighted by atomic mass is 32.1. The van der Waals surface area contributed by atoms with Gasteiger partial charge in [0.25, 0.3) is 11.8 Å². The quantitative estimate of drug-likeness (QED) is 0.666. The Morgan fingerprint density at radius 3 is 2.62 bits per heavy atom. The number of aryl methyl sites for hydroxylation is 1. The standard InChI is InChI=1S/C15H16N2O2S2/c1-9-3-5-11-12(7-9)15(19)17(14(11)18)10(8-20)4-6-13(21)16-2/h3,5,7-8,10H,4,6H2,1-2H3,(H,16,21). The zero-order chi connectivity index (χ0) is 15.6. The number of nitrogens with zero attached hydrogens (tertiary/aromatic N) is 1. The smallest absolute Gasteiger partial charge is 0.262 e. The average molecular weight is 320 g/mol. The summed E-state index contributed by atoms with van der Waals surface area (Å²) in [4.78, 5) is 26.8. The lowest BCUT2D eigenvalue weighted by atomic mass is 10.1. The van der Waals surface area contributed by atoms with E-state index in [4.69, 9.17) is 24.4 Å².